The number of benzene rings is 2. The fraction of sp³-hybridized carbons (Fsp3) is 0.615. The van der Waals surface area contributed by atoms with Gasteiger partial charge in [0, 0.05) is 17.7 Å². The molecule has 1 aromatic heterocycles. The van der Waals surface area contributed by atoms with Gasteiger partial charge in [-0.05, 0) is 38.1 Å². The molecule has 63 heavy (non-hydrogen) atoms. The molecule has 0 spiro atoms. The minimum absolute atomic E-state index is 0.0468. The number of aliphatic hydroxyl groups excluding tert-OH is 12. The highest BCUT2D eigenvalue weighted by atomic mass is 16.8. The highest BCUT2D eigenvalue weighted by Crippen LogP contribution is 2.40. The van der Waals surface area contributed by atoms with Crippen molar-refractivity contribution in [2.24, 2.45) is 0 Å². The van der Waals surface area contributed by atoms with Crippen molar-refractivity contribution in [3.63, 3.8) is 0 Å². The Morgan fingerprint density at radius 3 is 1.78 bits per heavy atom. The second-order valence-electron chi connectivity index (χ2n) is 15.7. The Labute approximate surface area is 355 Å². The molecule has 4 fully saturated rings. The van der Waals surface area contributed by atoms with Crippen LogP contribution < -0.4 is 14.9 Å². The fourth-order valence-corrected chi connectivity index (χ4v) is 7.56. The van der Waals surface area contributed by atoms with E-state index in [0.717, 1.165) is 12.1 Å². The lowest BCUT2D eigenvalue weighted by molar-refractivity contribution is -0.362. The Balaban J connectivity index is 1.27. The van der Waals surface area contributed by atoms with Crippen molar-refractivity contribution in [2.45, 2.75) is 137 Å². The first-order chi connectivity index (χ1) is 29.8. The molecule has 24 heteroatoms. The standard InChI is InChI=1S/C39H50O24/c1-11-21(43)26(48)30(52)36(56-11)55-10-19-24(46)29(51)35(63-38-32(54)28(50)23(45)18(9-40)60-38)39(61-19)62-34-25(47)20-16(42)7-15(58-37-31(53)27(49)22(44)12(2)57-37)8-17(20)59-33(34)13-3-5-14(41)6-4-13/h3-8,11-12,18-19,21-24,26-32,35-46,48-54H,9-10H2,1-2H3/t11-,12-,18-,19-,21-,22-,23-,24+,26+,27+,28+,29+,30+,31+,32-,35-,36-,37-,38+,39-/m1/s1. The fourth-order valence-electron chi connectivity index (χ4n) is 7.56. The predicted octanol–water partition coefficient (Wildman–Crippen LogP) is -5.07. The summed E-state index contributed by atoms with van der Waals surface area (Å²) >= 11 is 0. The van der Waals surface area contributed by atoms with Crippen molar-refractivity contribution in [3.8, 4) is 34.3 Å². The molecule has 14 N–H and O–H groups in total. The Morgan fingerprint density at radius 1 is 0.587 bits per heavy atom. The number of phenols is 2. The van der Waals surface area contributed by atoms with Crippen molar-refractivity contribution < 1.29 is 114 Å². The zero-order valence-electron chi connectivity index (χ0n) is 33.3. The summed E-state index contributed by atoms with van der Waals surface area (Å²) in [5.41, 5.74) is -1.43. The molecule has 4 aliphatic rings. The average molecular weight is 903 g/mol. The van der Waals surface area contributed by atoms with Crippen LogP contribution >= 0.6 is 0 Å². The average Bonchev–Trinajstić information content (AvgIpc) is 3.25. The molecule has 0 aliphatic carbocycles. The Morgan fingerprint density at radius 2 is 1.14 bits per heavy atom. The molecule has 0 bridgehead atoms. The predicted molar refractivity (Wildman–Crippen MR) is 202 cm³/mol. The highest BCUT2D eigenvalue weighted by Gasteiger charge is 2.53. The van der Waals surface area contributed by atoms with Gasteiger partial charge in [-0.2, -0.15) is 0 Å². The van der Waals surface area contributed by atoms with E-state index in [0.29, 0.717) is 0 Å². The van der Waals surface area contributed by atoms with E-state index >= 15 is 0 Å². The largest absolute Gasteiger partial charge is 0.508 e. The van der Waals surface area contributed by atoms with Crippen LogP contribution in [-0.4, -0.2) is 208 Å². The minimum atomic E-state index is -2.12. The van der Waals surface area contributed by atoms with Crippen LogP contribution in [0.15, 0.2) is 45.6 Å². The van der Waals surface area contributed by atoms with Crippen LogP contribution in [0.25, 0.3) is 22.3 Å². The molecule has 20 atom stereocenters. The second kappa shape index (κ2) is 18.9. The van der Waals surface area contributed by atoms with Gasteiger partial charge >= 0.3 is 0 Å². The molecule has 0 saturated carbocycles. The SMILES string of the molecule is C[C@H]1O[C@@H](OC[C@H]2O[C@H](Oc3c(-c4ccc(O)cc4)oc4cc(O[C@H]5O[C@H](C)[C@@H](O)[C@H](O)[C@@H]5O)cc(O)c4c3=O)[C@H](O[C@@H]3O[C@H](CO)[C@@H](O)[C@H](O)[C@H]3O)[C@@H](O)[C@H]2O)[C@@H](O)[C@@H](O)[C@@H]1O. The number of rotatable bonds is 11. The van der Waals surface area contributed by atoms with E-state index in [1.807, 2.05) is 0 Å². The molecule has 0 radical (unpaired) electrons. The molecule has 5 heterocycles. The molecular formula is C39H50O24. The van der Waals surface area contributed by atoms with E-state index in [4.69, 9.17) is 42.3 Å². The van der Waals surface area contributed by atoms with Crippen LogP contribution in [0.4, 0.5) is 0 Å². The monoisotopic (exact) mass is 902 g/mol. The van der Waals surface area contributed by atoms with Crippen LogP contribution in [0.3, 0.4) is 0 Å². The number of ether oxygens (including phenoxy) is 8. The summed E-state index contributed by atoms with van der Waals surface area (Å²) in [6, 6.07) is 7.10. The van der Waals surface area contributed by atoms with E-state index < -0.39 is 164 Å². The first-order valence-corrected chi connectivity index (χ1v) is 19.8. The first-order valence-electron chi connectivity index (χ1n) is 19.8. The van der Waals surface area contributed by atoms with Crippen LogP contribution in [0, 0.1) is 0 Å². The van der Waals surface area contributed by atoms with Gasteiger partial charge in [-0.15, -0.1) is 0 Å². The number of hydrogen-bond donors (Lipinski definition) is 14. The van der Waals surface area contributed by atoms with E-state index in [1.54, 1.807) is 0 Å². The van der Waals surface area contributed by atoms with Gasteiger partial charge in [0.05, 0.1) is 25.4 Å². The number of phenolic OH excluding ortho intramolecular Hbond substituents is 2. The first kappa shape index (κ1) is 47.1. The molecule has 0 amide bonds. The highest BCUT2D eigenvalue weighted by molar-refractivity contribution is 5.88. The van der Waals surface area contributed by atoms with Crippen LogP contribution in [0.1, 0.15) is 13.8 Å². The van der Waals surface area contributed by atoms with Gasteiger partial charge < -0.3 is 114 Å². The summed E-state index contributed by atoms with van der Waals surface area (Å²) in [6.07, 6.45) is -34.3. The number of hydrogen-bond acceptors (Lipinski definition) is 24. The maximum absolute atomic E-state index is 14.5. The number of aliphatic hydroxyl groups is 12. The summed E-state index contributed by atoms with van der Waals surface area (Å²) in [5.74, 6) is -2.43. The Hall–Kier alpha value is -3.87. The topological polar surface area (TPSA) is 387 Å². The molecule has 0 unspecified atom stereocenters. The summed E-state index contributed by atoms with van der Waals surface area (Å²) in [4.78, 5) is 14.5. The molecule has 2 aromatic carbocycles. The lowest BCUT2D eigenvalue weighted by Gasteiger charge is -2.46. The quantitative estimate of drug-likeness (QED) is 0.0856. The lowest BCUT2D eigenvalue weighted by atomic mass is 9.97. The normalized spacial score (nSPS) is 41.0. The second-order valence-corrected chi connectivity index (χ2v) is 15.7. The zero-order chi connectivity index (χ0) is 45.8. The maximum Gasteiger partial charge on any atom is 0.239 e. The molecule has 24 nitrogen and oxygen atoms in total. The summed E-state index contributed by atoms with van der Waals surface area (Å²) in [6.45, 7) is 1.18. The molecule has 350 valence electrons. The third kappa shape index (κ3) is 9.19. The van der Waals surface area contributed by atoms with Gasteiger partial charge in [-0.25, -0.2) is 0 Å². The third-order valence-electron chi connectivity index (χ3n) is 11.3. The van der Waals surface area contributed by atoms with E-state index in [9.17, 15) is 76.3 Å². The van der Waals surface area contributed by atoms with Gasteiger partial charge in [-0.3, -0.25) is 4.79 Å². The Kier molecular flexibility index (Phi) is 14.1. The summed E-state index contributed by atoms with van der Waals surface area (Å²) < 4.78 is 51.7. The van der Waals surface area contributed by atoms with E-state index in [-0.39, 0.29) is 22.6 Å². The summed E-state index contributed by atoms with van der Waals surface area (Å²) in [5, 5.41) is 147. The number of fused-ring (bicyclic) bond motifs is 1. The molecule has 3 aromatic rings. The van der Waals surface area contributed by atoms with Crippen LogP contribution in [-0.2, 0) is 28.4 Å². The van der Waals surface area contributed by atoms with Crippen molar-refractivity contribution in [3.05, 3.63) is 46.6 Å². The smallest absolute Gasteiger partial charge is 0.239 e. The third-order valence-corrected chi connectivity index (χ3v) is 11.3. The van der Waals surface area contributed by atoms with Crippen LogP contribution in [0.5, 0.6) is 23.0 Å². The molecular weight excluding hydrogens is 852 g/mol. The van der Waals surface area contributed by atoms with Crippen molar-refractivity contribution >= 4 is 11.0 Å². The lowest BCUT2D eigenvalue weighted by Crippen LogP contribution is -2.65. The molecule has 4 aliphatic heterocycles. The van der Waals surface area contributed by atoms with E-state index in [1.165, 1.54) is 38.1 Å². The molecule has 7 rings (SSSR count). The molecule has 4 saturated heterocycles. The van der Waals surface area contributed by atoms with Gasteiger partial charge in [0.2, 0.25) is 23.8 Å². The number of aromatic hydroxyl groups is 2. The van der Waals surface area contributed by atoms with Gasteiger partial charge in [-0.1, -0.05) is 0 Å². The zero-order valence-corrected chi connectivity index (χ0v) is 33.3. The Bertz CT molecular complexity index is 2080. The van der Waals surface area contributed by atoms with Crippen molar-refractivity contribution in [1.29, 1.82) is 0 Å². The van der Waals surface area contributed by atoms with Gasteiger partial charge in [0.25, 0.3) is 0 Å². The maximum atomic E-state index is 14.5. The van der Waals surface area contributed by atoms with E-state index in [2.05, 4.69) is 0 Å². The van der Waals surface area contributed by atoms with Crippen molar-refractivity contribution in [1.82, 2.24) is 0 Å². The van der Waals surface area contributed by atoms with Gasteiger partial charge in [0.15, 0.2) is 24.4 Å². The van der Waals surface area contributed by atoms with Crippen LogP contribution in [0.2, 0.25) is 0 Å². The van der Waals surface area contributed by atoms with Crippen molar-refractivity contribution in [2.75, 3.05) is 13.2 Å². The van der Waals surface area contributed by atoms with Gasteiger partial charge in [0.1, 0.15) is 108 Å². The summed E-state index contributed by atoms with van der Waals surface area (Å²) in [7, 11) is 0. The minimum Gasteiger partial charge on any atom is -0.508 e.